The Balaban J connectivity index is 1.50. The number of esters is 1. The molecule has 2 amide bonds. The maximum atomic E-state index is 12.7. The monoisotopic (exact) mass is 448 g/mol. The highest BCUT2D eigenvalue weighted by atomic mass is 35.5. The lowest BCUT2D eigenvalue weighted by atomic mass is 9.96. The summed E-state index contributed by atoms with van der Waals surface area (Å²) in [6, 6.07) is 11.3. The summed E-state index contributed by atoms with van der Waals surface area (Å²) in [5, 5.41) is 3.77. The molecule has 30 heavy (non-hydrogen) atoms. The van der Waals surface area contributed by atoms with Crippen LogP contribution in [0.5, 0.6) is 5.75 Å². The predicted octanol–water partition coefficient (Wildman–Crippen LogP) is 4.20. The molecule has 0 spiro atoms. The maximum absolute atomic E-state index is 12.7. The molecule has 0 radical (unpaired) electrons. The van der Waals surface area contributed by atoms with E-state index in [2.05, 4.69) is 5.32 Å². The Morgan fingerprint density at radius 3 is 2.53 bits per heavy atom. The van der Waals surface area contributed by atoms with Gasteiger partial charge in [-0.1, -0.05) is 29.3 Å². The van der Waals surface area contributed by atoms with Crippen molar-refractivity contribution in [3.63, 3.8) is 0 Å². The number of amides is 2. The fourth-order valence-corrected chi connectivity index (χ4v) is 3.75. The van der Waals surface area contributed by atoms with Crippen LogP contribution in [0.3, 0.4) is 0 Å². The Bertz CT molecular complexity index is 956. The number of nitrogens with zero attached hydrogens (tertiary/aromatic N) is 1. The van der Waals surface area contributed by atoms with Gasteiger partial charge in [-0.05, 0) is 55.2 Å². The van der Waals surface area contributed by atoms with Crippen LogP contribution < -0.4 is 10.1 Å². The zero-order chi connectivity index (χ0) is 21.7. The molecule has 1 heterocycles. The van der Waals surface area contributed by atoms with Gasteiger partial charge in [-0.3, -0.25) is 14.4 Å². The molecule has 0 aromatic heterocycles. The van der Waals surface area contributed by atoms with E-state index in [-0.39, 0.29) is 17.7 Å². The number of ether oxygens (including phenoxy) is 1. The number of piperidine rings is 1. The van der Waals surface area contributed by atoms with Gasteiger partial charge in [0, 0.05) is 37.1 Å². The number of halogens is 2. The minimum atomic E-state index is -0.437. The molecule has 158 valence electrons. The molecule has 2 aromatic rings. The SMILES string of the molecule is CC(=O)Oc1cccc(C(=O)NCC2CCN(C(=O)c3cc(Cl)ccc3Cl)CC2)c1. The number of nitrogens with one attached hydrogen (secondary N) is 1. The molecule has 0 unspecified atom stereocenters. The average Bonchev–Trinajstić information content (AvgIpc) is 2.73. The molecular weight excluding hydrogens is 427 g/mol. The van der Waals surface area contributed by atoms with Crippen molar-refractivity contribution < 1.29 is 19.1 Å². The molecule has 0 aliphatic carbocycles. The number of hydrogen-bond acceptors (Lipinski definition) is 4. The number of hydrogen-bond donors (Lipinski definition) is 1. The van der Waals surface area contributed by atoms with Gasteiger partial charge < -0.3 is 15.0 Å². The van der Waals surface area contributed by atoms with Crippen molar-refractivity contribution >= 4 is 41.0 Å². The first-order chi connectivity index (χ1) is 14.3. The largest absolute Gasteiger partial charge is 0.427 e. The average molecular weight is 449 g/mol. The Morgan fingerprint density at radius 1 is 1.10 bits per heavy atom. The van der Waals surface area contributed by atoms with Crippen LogP contribution in [-0.4, -0.2) is 42.3 Å². The first-order valence-corrected chi connectivity index (χ1v) is 10.4. The van der Waals surface area contributed by atoms with Gasteiger partial charge in [0.25, 0.3) is 11.8 Å². The van der Waals surface area contributed by atoms with E-state index in [0.29, 0.717) is 46.6 Å². The molecule has 1 saturated heterocycles. The highest BCUT2D eigenvalue weighted by Crippen LogP contribution is 2.25. The summed E-state index contributed by atoms with van der Waals surface area (Å²) in [6.07, 6.45) is 1.55. The molecule has 0 atom stereocenters. The van der Waals surface area contributed by atoms with Crippen LogP contribution in [0, 0.1) is 5.92 Å². The summed E-state index contributed by atoms with van der Waals surface area (Å²) in [6.45, 7) is 3.00. The number of likely N-dealkylation sites (tertiary alicyclic amines) is 1. The van der Waals surface area contributed by atoms with Gasteiger partial charge in [0.15, 0.2) is 0 Å². The fraction of sp³-hybridized carbons (Fsp3) is 0.318. The normalized spacial score (nSPS) is 14.3. The van der Waals surface area contributed by atoms with E-state index < -0.39 is 5.97 Å². The van der Waals surface area contributed by atoms with Crippen molar-refractivity contribution in [1.82, 2.24) is 10.2 Å². The molecule has 0 bridgehead atoms. The predicted molar refractivity (Wildman–Crippen MR) is 115 cm³/mol. The summed E-state index contributed by atoms with van der Waals surface area (Å²) < 4.78 is 5.01. The molecule has 0 saturated carbocycles. The molecule has 1 aliphatic heterocycles. The van der Waals surface area contributed by atoms with Gasteiger partial charge >= 0.3 is 5.97 Å². The third kappa shape index (κ3) is 5.74. The molecule has 1 aliphatic rings. The van der Waals surface area contributed by atoms with Crippen LogP contribution in [-0.2, 0) is 4.79 Å². The number of benzene rings is 2. The second-order valence-electron chi connectivity index (χ2n) is 7.19. The van der Waals surface area contributed by atoms with Gasteiger partial charge in [0.2, 0.25) is 0 Å². The standard InChI is InChI=1S/C22H22Cl2N2O4/c1-14(27)30-18-4-2-3-16(11-18)21(28)25-13-15-7-9-26(10-8-15)22(29)19-12-17(23)5-6-20(19)24/h2-6,11-12,15H,7-10,13H2,1H3,(H,25,28). The lowest BCUT2D eigenvalue weighted by molar-refractivity contribution is -0.131. The Labute approximate surface area is 185 Å². The molecule has 3 rings (SSSR count). The minimum absolute atomic E-state index is 0.132. The zero-order valence-corrected chi connectivity index (χ0v) is 18.0. The van der Waals surface area contributed by atoms with E-state index in [1.807, 2.05) is 0 Å². The summed E-state index contributed by atoms with van der Waals surface area (Å²) in [5.74, 6) is -0.195. The first-order valence-electron chi connectivity index (χ1n) is 9.64. The third-order valence-corrected chi connectivity index (χ3v) is 5.53. The van der Waals surface area contributed by atoms with Gasteiger partial charge in [-0.2, -0.15) is 0 Å². The van der Waals surface area contributed by atoms with Crippen LogP contribution in [0.1, 0.15) is 40.5 Å². The van der Waals surface area contributed by atoms with Crippen molar-refractivity contribution in [2.45, 2.75) is 19.8 Å². The Kier molecular flexibility index (Phi) is 7.34. The van der Waals surface area contributed by atoms with Gasteiger partial charge in [-0.15, -0.1) is 0 Å². The first kappa shape index (κ1) is 22.1. The molecule has 1 fully saturated rings. The van der Waals surface area contributed by atoms with Crippen LogP contribution in [0.15, 0.2) is 42.5 Å². The number of carbonyl (C=O) groups excluding carboxylic acids is 3. The van der Waals surface area contributed by atoms with E-state index in [9.17, 15) is 14.4 Å². The molecule has 1 N–H and O–H groups in total. The van der Waals surface area contributed by atoms with Crippen molar-refractivity contribution in [3.8, 4) is 5.75 Å². The second kappa shape index (κ2) is 9.96. The van der Waals surface area contributed by atoms with Crippen molar-refractivity contribution in [1.29, 1.82) is 0 Å². The topological polar surface area (TPSA) is 75.7 Å². The lowest BCUT2D eigenvalue weighted by Crippen LogP contribution is -2.41. The van der Waals surface area contributed by atoms with Gasteiger partial charge in [0.05, 0.1) is 10.6 Å². The summed E-state index contributed by atoms with van der Waals surface area (Å²) >= 11 is 12.1. The lowest BCUT2D eigenvalue weighted by Gasteiger charge is -2.32. The smallest absolute Gasteiger partial charge is 0.308 e. The summed E-state index contributed by atoms with van der Waals surface area (Å²) in [5.41, 5.74) is 0.834. The Hall–Kier alpha value is -2.57. The highest BCUT2D eigenvalue weighted by molar-refractivity contribution is 6.35. The Morgan fingerprint density at radius 2 is 1.83 bits per heavy atom. The molecule has 8 heteroatoms. The number of carbonyl (C=O) groups is 3. The van der Waals surface area contributed by atoms with Crippen LogP contribution in [0.25, 0.3) is 0 Å². The van der Waals surface area contributed by atoms with E-state index in [4.69, 9.17) is 27.9 Å². The quantitative estimate of drug-likeness (QED) is 0.549. The minimum Gasteiger partial charge on any atom is -0.427 e. The van der Waals surface area contributed by atoms with E-state index in [0.717, 1.165) is 12.8 Å². The van der Waals surface area contributed by atoms with Crippen LogP contribution in [0.2, 0.25) is 10.0 Å². The summed E-state index contributed by atoms with van der Waals surface area (Å²) in [4.78, 5) is 37.9. The van der Waals surface area contributed by atoms with Gasteiger partial charge in [-0.25, -0.2) is 0 Å². The van der Waals surface area contributed by atoms with E-state index in [1.54, 1.807) is 41.3 Å². The van der Waals surface area contributed by atoms with Crippen molar-refractivity contribution in [2.24, 2.45) is 5.92 Å². The molecular formula is C22H22Cl2N2O4. The van der Waals surface area contributed by atoms with Gasteiger partial charge in [0.1, 0.15) is 5.75 Å². The van der Waals surface area contributed by atoms with E-state index >= 15 is 0 Å². The highest BCUT2D eigenvalue weighted by Gasteiger charge is 2.25. The third-order valence-electron chi connectivity index (χ3n) is 4.97. The molecule has 6 nitrogen and oxygen atoms in total. The van der Waals surface area contributed by atoms with Crippen molar-refractivity contribution in [2.75, 3.05) is 19.6 Å². The second-order valence-corrected chi connectivity index (χ2v) is 8.03. The summed E-state index contributed by atoms with van der Waals surface area (Å²) in [7, 11) is 0. The zero-order valence-electron chi connectivity index (χ0n) is 16.5. The fourth-order valence-electron chi connectivity index (χ4n) is 3.38. The number of rotatable bonds is 5. The maximum Gasteiger partial charge on any atom is 0.308 e. The van der Waals surface area contributed by atoms with Crippen LogP contribution in [0.4, 0.5) is 0 Å². The van der Waals surface area contributed by atoms with Crippen LogP contribution >= 0.6 is 23.2 Å². The van der Waals surface area contributed by atoms with E-state index in [1.165, 1.54) is 13.0 Å². The van der Waals surface area contributed by atoms with Crippen molar-refractivity contribution in [3.05, 3.63) is 63.6 Å². The molecule has 2 aromatic carbocycles.